The van der Waals surface area contributed by atoms with Crippen molar-refractivity contribution in [3.8, 4) is 11.3 Å². The van der Waals surface area contributed by atoms with Gasteiger partial charge in [-0.15, -0.1) is 0 Å². The first kappa shape index (κ1) is 18.9. The summed E-state index contributed by atoms with van der Waals surface area (Å²) in [6.07, 6.45) is 3.81. The number of hydrogen-bond acceptors (Lipinski definition) is 1. The van der Waals surface area contributed by atoms with E-state index in [1.54, 1.807) is 6.07 Å². The van der Waals surface area contributed by atoms with Crippen molar-refractivity contribution in [2.45, 2.75) is 44.4 Å². The minimum absolute atomic E-state index is 0.326. The van der Waals surface area contributed by atoms with Crippen molar-refractivity contribution >= 4 is 21.9 Å². The predicted octanol–water partition coefficient (Wildman–Crippen LogP) is 7.97. The molecular formula is C31H29FNO+. The molecule has 0 amide bonds. The van der Waals surface area contributed by atoms with Gasteiger partial charge in [0.05, 0.1) is 5.56 Å². The van der Waals surface area contributed by atoms with Crippen LogP contribution in [0.3, 0.4) is 0 Å². The van der Waals surface area contributed by atoms with E-state index in [-0.39, 0.29) is 0 Å². The highest BCUT2D eigenvalue weighted by Crippen LogP contribution is 2.46. The molecule has 1 aliphatic carbocycles. The Hall–Kier alpha value is -3.46. The minimum Gasteiger partial charge on any atom is -0.455 e. The Balaban J connectivity index is 1.50. The number of pyridine rings is 1. The summed E-state index contributed by atoms with van der Waals surface area (Å²) in [5.74, 6) is -2.31. The maximum atomic E-state index is 15.5. The van der Waals surface area contributed by atoms with Gasteiger partial charge in [0.2, 0.25) is 5.69 Å². The van der Waals surface area contributed by atoms with Crippen LogP contribution in [0.1, 0.15) is 56.9 Å². The number of rotatable bonds is 3. The fraction of sp³-hybridized carbons (Fsp3) is 0.258. The lowest BCUT2D eigenvalue weighted by Crippen LogP contribution is -2.30. The number of fused-ring (bicyclic) bond motifs is 3. The minimum atomic E-state index is -1.15. The van der Waals surface area contributed by atoms with Crippen LogP contribution >= 0.6 is 0 Å². The van der Waals surface area contributed by atoms with Gasteiger partial charge < -0.3 is 4.42 Å². The molecule has 6 rings (SSSR count). The second-order valence-corrected chi connectivity index (χ2v) is 9.31. The number of aromatic nitrogens is 1. The fourth-order valence-corrected chi connectivity index (χ4v) is 5.47. The maximum absolute atomic E-state index is 15.5. The van der Waals surface area contributed by atoms with Crippen molar-refractivity contribution in [2.24, 2.45) is 7.05 Å². The van der Waals surface area contributed by atoms with Gasteiger partial charge in [0, 0.05) is 31.2 Å². The van der Waals surface area contributed by atoms with E-state index in [9.17, 15) is 1.37 Å². The van der Waals surface area contributed by atoms with Crippen molar-refractivity contribution in [3.05, 3.63) is 102 Å². The van der Waals surface area contributed by atoms with Gasteiger partial charge in [0.15, 0.2) is 6.20 Å². The van der Waals surface area contributed by atoms with Crippen LogP contribution < -0.4 is 4.57 Å². The van der Waals surface area contributed by atoms with Gasteiger partial charge >= 0.3 is 0 Å². The Morgan fingerprint density at radius 1 is 0.824 bits per heavy atom. The maximum Gasteiger partial charge on any atom is 0.216 e. The van der Waals surface area contributed by atoms with Crippen LogP contribution in [0.2, 0.25) is 0 Å². The summed E-state index contributed by atoms with van der Waals surface area (Å²) >= 11 is 0. The zero-order valence-corrected chi connectivity index (χ0v) is 19.6. The van der Waals surface area contributed by atoms with Crippen molar-refractivity contribution < 1.29 is 16.1 Å². The molecule has 0 N–H and O–H groups in total. The number of furan rings is 1. The number of hydrogen-bond donors (Lipinski definition) is 0. The zero-order chi connectivity index (χ0) is 25.1. The Morgan fingerprint density at radius 3 is 2.26 bits per heavy atom. The monoisotopic (exact) mass is 452 g/mol. The lowest BCUT2D eigenvalue weighted by molar-refractivity contribution is -0.660. The highest BCUT2D eigenvalue weighted by atomic mass is 19.1. The molecule has 0 aliphatic heterocycles. The summed E-state index contributed by atoms with van der Waals surface area (Å²) in [7, 11) is 2.00. The molecule has 0 atom stereocenters. The van der Waals surface area contributed by atoms with Crippen LogP contribution in [0, 0.1) is 12.7 Å². The van der Waals surface area contributed by atoms with Gasteiger partial charge in [-0.1, -0.05) is 42.5 Å². The Kier molecular flexibility index (Phi) is 4.67. The lowest BCUT2D eigenvalue weighted by atomic mass is 9.76. The average molecular weight is 453 g/mol. The molecule has 0 unspecified atom stereocenters. The van der Waals surface area contributed by atoms with E-state index in [1.807, 2.05) is 61.8 Å². The quantitative estimate of drug-likeness (QED) is 0.254. The SMILES string of the molecule is [2H]C1(c2ccccc2)CCC([2H])(c2c(F)ccc3c2oc2c(-c4cccc[n+]4C)c(C)ccc23)CC1. The molecule has 5 aromatic rings. The Morgan fingerprint density at radius 2 is 1.50 bits per heavy atom. The van der Waals surface area contributed by atoms with E-state index in [0.29, 0.717) is 36.8 Å². The summed E-state index contributed by atoms with van der Waals surface area (Å²) in [6, 6.07) is 23.2. The number of halogens is 1. The van der Waals surface area contributed by atoms with E-state index >= 15 is 4.39 Å². The molecule has 0 saturated heterocycles. The van der Waals surface area contributed by atoms with Gasteiger partial charge in [0.1, 0.15) is 24.0 Å². The highest BCUT2D eigenvalue weighted by Gasteiger charge is 2.29. The van der Waals surface area contributed by atoms with E-state index in [4.69, 9.17) is 5.79 Å². The molecule has 0 radical (unpaired) electrons. The molecule has 1 aliphatic rings. The van der Waals surface area contributed by atoms with E-state index in [1.165, 1.54) is 6.07 Å². The second kappa shape index (κ2) is 8.39. The molecule has 2 nitrogen and oxygen atoms in total. The van der Waals surface area contributed by atoms with Crippen molar-refractivity contribution in [1.29, 1.82) is 0 Å². The normalized spacial score (nSPS) is 23.7. The number of nitrogens with zero attached hydrogens (tertiary/aromatic N) is 1. The molecular weight excluding hydrogens is 421 g/mol. The molecule has 0 spiro atoms. The fourth-order valence-electron chi connectivity index (χ4n) is 5.47. The van der Waals surface area contributed by atoms with Crippen molar-refractivity contribution in [2.75, 3.05) is 0 Å². The summed E-state index contributed by atoms with van der Waals surface area (Å²) in [5, 5.41) is 1.76. The van der Waals surface area contributed by atoms with Crippen LogP contribution in [0.15, 0.2) is 83.4 Å². The first-order valence-corrected chi connectivity index (χ1v) is 12.0. The Labute approximate surface area is 202 Å². The summed E-state index contributed by atoms with van der Waals surface area (Å²) in [4.78, 5) is 0. The second-order valence-electron chi connectivity index (χ2n) is 9.31. The third-order valence-electron chi connectivity index (χ3n) is 7.27. The molecule has 170 valence electrons. The van der Waals surface area contributed by atoms with E-state index in [2.05, 4.69) is 23.6 Å². The van der Waals surface area contributed by atoms with Gasteiger partial charge in [-0.2, -0.15) is 0 Å². The third kappa shape index (κ3) is 3.42. The van der Waals surface area contributed by atoms with Crippen LogP contribution in [0.25, 0.3) is 33.2 Å². The highest BCUT2D eigenvalue weighted by molar-refractivity contribution is 6.10. The van der Waals surface area contributed by atoms with Crippen LogP contribution in [0.5, 0.6) is 0 Å². The topological polar surface area (TPSA) is 17.0 Å². The first-order valence-electron chi connectivity index (χ1n) is 13.0. The van der Waals surface area contributed by atoms with Crippen LogP contribution in [0.4, 0.5) is 4.39 Å². The summed E-state index contributed by atoms with van der Waals surface area (Å²) < 4.78 is 42.6. The molecule has 2 heterocycles. The van der Waals surface area contributed by atoms with Crippen molar-refractivity contribution in [1.82, 2.24) is 0 Å². The molecule has 1 fully saturated rings. The van der Waals surface area contributed by atoms with E-state index in [0.717, 1.165) is 38.7 Å². The van der Waals surface area contributed by atoms with Crippen LogP contribution in [-0.4, -0.2) is 0 Å². The molecule has 3 heteroatoms. The smallest absolute Gasteiger partial charge is 0.216 e. The standard InChI is InChI=1S/C31H29FNO/c1-20-11-16-24-25-17-18-26(32)29(23-14-12-22(13-15-23)21-8-4-3-5-9-21)31(25)34-30(24)28(20)27-10-6-7-19-33(27)2/h3-11,16-19,22-23H,12-15H2,1-2H3/q+1/i22D,23D. The van der Waals surface area contributed by atoms with Gasteiger partial charge in [-0.05, 0) is 73.7 Å². The Bertz CT molecular complexity index is 1600. The van der Waals surface area contributed by atoms with Crippen molar-refractivity contribution in [3.63, 3.8) is 0 Å². The predicted molar refractivity (Wildman–Crippen MR) is 135 cm³/mol. The molecule has 2 aromatic heterocycles. The molecule has 3 aromatic carbocycles. The number of aryl methyl sites for hydroxylation is 2. The van der Waals surface area contributed by atoms with Gasteiger partial charge in [0.25, 0.3) is 0 Å². The largest absolute Gasteiger partial charge is 0.455 e. The third-order valence-corrected chi connectivity index (χ3v) is 7.27. The first-order chi connectivity index (χ1) is 17.3. The lowest BCUT2D eigenvalue weighted by Gasteiger charge is -2.29. The van der Waals surface area contributed by atoms with Crippen LogP contribution in [-0.2, 0) is 7.05 Å². The van der Waals surface area contributed by atoms with Gasteiger partial charge in [-0.3, -0.25) is 0 Å². The van der Waals surface area contributed by atoms with Gasteiger partial charge in [-0.25, -0.2) is 8.96 Å². The average Bonchev–Trinajstić information content (AvgIpc) is 3.25. The van der Waals surface area contributed by atoms with E-state index < -0.39 is 17.6 Å². The molecule has 34 heavy (non-hydrogen) atoms. The summed E-state index contributed by atoms with van der Waals surface area (Å²) in [5.41, 5.74) is 5.54. The molecule has 0 bridgehead atoms. The number of benzene rings is 3. The summed E-state index contributed by atoms with van der Waals surface area (Å²) in [6.45, 7) is 2.06. The molecule has 1 saturated carbocycles. The zero-order valence-electron chi connectivity index (χ0n) is 21.6.